The summed E-state index contributed by atoms with van der Waals surface area (Å²) in [6, 6.07) is 17.4. The van der Waals surface area contributed by atoms with E-state index < -0.39 is 6.10 Å². The number of hydrogen-bond donors (Lipinski definition) is 2. The van der Waals surface area contributed by atoms with Gasteiger partial charge < -0.3 is 10.1 Å². The molecule has 3 rings (SSSR count). The number of aliphatic hydroxyl groups excluding tert-OH is 1. The fraction of sp³-hybridized carbons (Fsp3) is 0.167. The van der Waals surface area contributed by atoms with Crippen LogP contribution in [0.25, 0.3) is 10.9 Å². The van der Waals surface area contributed by atoms with Gasteiger partial charge in [0.05, 0.1) is 0 Å². The Morgan fingerprint density at radius 1 is 1.05 bits per heavy atom. The van der Waals surface area contributed by atoms with Gasteiger partial charge in [0, 0.05) is 29.9 Å². The fourth-order valence-corrected chi connectivity index (χ4v) is 2.54. The van der Waals surface area contributed by atoms with E-state index in [0.717, 1.165) is 22.0 Å². The number of hydrogen-bond acceptors (Lipinski definition) is 2. The van der Waals surface area contributed by atoms with Crippen LogP contribution >= 0.6 is 0 Å². The number of benzene rings is 2. The number of nitrogens with one attached hydrogen (secondary N) is 1. The van der Waals surface area contributed by atoms with Crippen LogP contribution in [0.3, 0.4) is 0 Å². The second kappa shape index (κ2) is 5.94. The van der Waals surface area contributed by atoms with E-state index in [1.54, 1.807) is 0 Å². The molecule has 1 aromatic heterocycles. The number of ketones is 1. The molecule has 2 aromatic carbocycles. The van der Waals surface area contributed by atoms with Gasteiger partial charge in [0.25, 0.3) is 0 Å². The predicted molar refractivity (Wildman–Crippen MR) is 83.2 cm³/mol. The Morgan fingerprint density at radius 3 is 2.57 bits per heavy atom. The smallest absolute Gasteiger partial charge is 0.165 e. The SMILES string of the molecule is O=C(Cc1ccccc1)[C@@H](O)Cc1c[nH]c2ccccc12. The first-order valence-corrected chi connectivity index (χ1v) is 7.04. The van der Waals surface area contributed by atoms with Gasteiger partial charge in [-0.3, -0.25) is 4.79 Å². The summed E-state index contributed by atoms with van der Waals surface area (Å²) >= 11 is 0. The molecule has 0 fully saturated rings. The van der Waals surface area contributed by atoms with Gasteiger partial charge >= 0.3 is 0 Å². The van der Waals surface area contributed by atoms with E-state index in [0.29, 0.717) is 6.42 Å². The maximum absolute atomic E-state index is 12.1. The zero-order valence-electron chi connectivity index (χ0n) is 11.6. The van der Waals surface area contributed by atoms with Crippen molar-refractivity contribution in [2.75, 3.05) is 0 Å². The molecular formula is C18H17NO2. The number of para-hydroxylation sites is 1. The zero-order valence-corrected chi connectivity index (χ0v) is 11.6. The number of rotatable bonds is 5. The van der Waals surface area contributed by atoms with Gasteiger partial charge in [-0.1, -0.05) is 48.5 Å². The summed E-state index contributed by atoms with van der Waals surface area (Å²) in [7, 11) is 0. The Hall–Kier alpha value is -2.39. The summed E-state index contributed by atoms with van der Waals surface area (Å²) in [5.41, 5.74) is 2.93. The highest BCUT2D eigenvalue weighted by Crippen LogP contribution is 2.19. The highest BCUT2D eigenvalue weighted by Gasteiger charge is 2.17. The van der Waals surface area contributed by atoms with Crippen LogP contribution in [-0.4, -0.2) is 22.0 Å². The summed E-state index contributed by atoms with van der Waals surface area (Å²) in [5.74, 6) is -0.147. The lowest BCUT2D eigenvalue weighted by Crippen LogP contribution is -2.24. The molecule has 106 valence electrons. The van der Waals surface area contributed by atoms with Crippen molar-refractivity contribution in [3.63, 3.8) is 0 Å². The zero-order chi connectivity index (χ0) is 14.7. The third-order valence-electron chi connectivity index (χ3n) is 3.68. The summed E-state index contributed by atoms with van der Waals surface area (Å²) in [6.45, 7) is 0. The third kappa shape index (κ3) is 3.03. The molecule has 0 spiro atoms. The largest absolute Gasteiger partial charge is 0.385 e. The number of Topliss-reactive ketones (excluding diaryl/α,β-unsaturated/α-hetero) is 1. The van der Waals surface area contributed by atoms with Crippen molar-refractivity contribution in [3.05, 3.63) is 71.9 Å². The van der Waals surface area contributed by atoms with Crippen LogP contribution in [0, 0.1) is 0 Å². The second-order valence-electron chi connectivity index (χ2n) is 5.21. The molecule has 1 heterocycles. The van der Waals surface area contributed by atoms with Gasteiger partial charge in [-0.15, -0.1) is 0 Å². The van der Waals surface area contributed by atoms with Crippen LogP contribution in [0.2, 0.25) is 0 Å². The van der Waals surface area contributed by atoms with Crippen molar-refractivity contribution in [2.24, 2.45) is 0 Å². The van der Waals surface area contributed by atoms with Gasteiger partial charge in [-0.2, -0.15) is 0 Å². The van der Waals surface area contributed by atoms with Crippen molar-refractivity contribution in [2.45, 2.75) is 18.9 Å². The van der Waals surface area contributed by atoms with E-state index >= 15 is 0 Å². The lowest BCUT2D eigenvalue weighted by atomic mass is 10.00. The molecule has 0 unspecified atom stereocenters. The maximum Gasteiger partial charge on any atom is 0.165 e. The number of carbonyl (C=O) groups excluding carboxylic acids is 1. The molecule has 0 aliphatic carbocycles. The van der Waals surface area contributed by atoms with Gasteiger partial charge in [-0.25, -0.2) is 0 Å². The Balaban J connectivity index is 1.71. The van der Waals surface area contributed by atoms with Crippen molar-refractivity contribution in [1.82, 2.24) is 4.98 Å². The monoisotopic (exact) mass is 279 g/mol. The van der Waals surface area contributed by atoms with Gasteiger partial charge in [0.1, 0.15) is 6.10 Å². The van der Waals surface area contributed by atoms with Crippen LogP contribution < -0.4 is 0 Å². The summed E-state index contributed by atoms with van der Waals surface area (Å²) in [4.78, 5) is 15.3. The number of fused-ring (bicyclic) bond motifs is 1. The summed E-state index contributed by atoms with van der Waals surface area (Å²) < 4.78 is 0. The van der Waals surface area contributed by atoms with E-state index in [-0.39, 0.29) is 12.2 Å². The van der Waals surface area contributed by atoms with Crippen molar-refractivity contribution >= 4 is 16.7 Å². The summed E-state index contributed by atoms with van der Waals surface area (Å²) in [5, 5.41) is 11.2. The van der Waals surface area contributed by atoms with E-state index in [4.69, 9.17) is 0 Å². The van der Waals surface area contributed by atoms with Gasteiger partial charge in [0.2, 0.25) is 0 Å². The molecule has 0 saturated heterocycles. The Morgan fingerprint density at radius 2 is 1.76 bits per heavy atom. The number of aromatic nitrogens is 1. The molecule has 0 aliphatic rings. The lowest BCUT2D eigenvalue weighted by molar-refractivity contribution is -0.126. The second-order valence-corrected chi connectivity index (χ2v) is 5.21. The minimum Gasteiger partial charge on any atom is -0.385 e. The molecule has 3 aromatic rings. The van der Waals surface area contributed by atoms with E-state index in [9.17, 15) is 9.90 Å². The van der Waals surface area contributed by atoms with E-state index in [2.05, 4.69) is 4.98 Å². The van der Waals surface area contributed by atoms with E-state index in [1.807, 2.05) is 60.8 Å². The molecule has 3 heteroatoms. The number of aliphatic hydroxyl groups is 1. The van der Waals surface area contributed by atoms with Crippen LogP contribution in [0.1, 0.15) is 11.1 Å². The maximum atomic E-state index is 12.1. The fourth-order valence-electron chi connectivity index (χ4n) is 2.54. The van der Waals surface area contributed by atoms with Crippen molar-refractivity contribution < 1.29 is 9.90 Å². The quantitative estimate of drug-likeness (QED) is 0.754. The topological polar surface area (TPSA) is 53.1 Å². The molecule has 1 atom stereocenters. The van der Waals surface area contributed by atoms with Crippen LogP contribution in [0.5, 0.6) is 0 Å². The first kappa shape index (κ1) is 13.6. The minimum atomic E-state index is -0.968. The van der Waals surface area contributed by atoms with Crippen molar-refractivity contribution in [1.29, 1.82) is 0 Å². The molecule has 0 aliphatic heterocycles. The number of aromatic amines is 1. The third-order valence-corrected chi connectivity index (χ3v) is 3.68. The molecule has 2 N–H and O–H groups in total. The normalized spacial score (nSPS) is 12.4. The molecule has 0 amide bonds. The van der Waals surface area contributed by atoms with Gasteiger partial charge in [-0.05, 0) is 17.2 Å². The van der Waals surface area contributed by atoms with Gasteiger partial charge in [0.15, 0.2) is 5.78 Å². The summed E-state index contributed by atoms with van der Waals surface area (Å²) in [6.07, 6.45) is 1.51. The average Bonchev–Trinajstić information content (AvgIpc) is 2.91. The molecule has 0 bridgehead atoms. The molecule has 3 nitrogen and oxygen atoms in total. The predicted octanol–water partition coefficient (Wildman–Crippen LogP) is 2.88. The molecular weight excluding hydrogens is 262 g/mol. The van der Waals surface area contributed by atoms with Crippen molar-refractivity contribution in [3.8, 4) is 0 Å². The van der Waals surface area contributed by atoms with E-state index in [1.165, 1.54) is 0 Å². The Bertz CT molecular complexity index is 746. The first-order valence-electron chi connectivity index (χ1n) is 7.04. The van der Waals surface area contributed by atoms with Crippen LogP contribution in [0.15, 0.2) is 60.8 Å². The highest BCUT2D eigenvalue weighted by atomic mass is 16.3. The van der Waals surface area contributed by atoms with Crippen LogP contribution in [0.4, 0.5) is 0 Å². The Labute approximate surface area is 123 Å². The Kier molecular flexibility index (Phi) is 3.84. The minimum absolute atomic E-state index is 0.147. The number of H-pyrrole nitrogens is 1. The number of carbonyl (C=O) groups is 1. The van der Waals surface area contributed by atoms with Crippen LogP contribution in [-0.2, 0) is 17.6 Å². The standard InChI is InChI=1S/C18H17NO2/c20-17(10-13-6-2-1-3-7-13)18(21)11-14-12-19-16-9-5-4-8-15(14)16/h1-9,12,18-19,21H,10-11H2/t18-/m0/s1. The molecule has 21 heavy (non-hydrogen) atoms. The molecule has 0 radical (unpaired) electrons. The average molecular weight is 279 g/mol. The lowest BCUT2D eigenvalue weighted by Gasteiger charge is -2.09. The highest BCUT2D eigenvalue weighted by molar-refractivity contribution is 5.87. The molecule has 0 saturated carbocycles. The first-order chi connectivity index (χ1) is 10.2.